The second kappa shape index (κ2) is 5.66. The lowest BCUT2D eigenvalue weighted by Crippen LogP contribution is -2.41. The Labute approximate surface area is 117 Å². The summed E-state index contributed by atoms with van der Waals surface area (Å²) in [6.07, 6.45) is 11.3. The molecule has 1 saturated heterocycles. The van der Waals surface area contributed by atoms with Crippen molar-refractivity contribution in [2.24, 2.45) is 0 Å². The van der Waals surface area contributed by atoms with Crippen LogP contribution in [0.15, 0.2) is 6.20 Å². The molecule has 0 saturated carbocycles. The van der Waals surface area contributed by atoms with Gasteiger partial charge in [0.2, 0.25) is 0 Å². The number of aryl methyl sites for hydroxylation is 1. The number of likely N-dealkylation sites (N-methyl/N-ethyl adjacent to an activating group) is 1. The highest BCUT2D eigenvalue weighted by Gasteiger charge is 2.25. The zero-order valence-electron chi connectivity index (χ0n) is 12.4. The zero-order chi connectivity index (χ0) is 13.2. The lowest BCUT2D eigenvalue weighted by molar-refractivity contribution is 0.152. The number of hydrogen-bond acceptors (Lipinski definition) is 2. The van der Waals surface area contributed by atoms with Gasteiger partial charge in [-0.3, -0.25) is 0 Å². The van der Waals surface area contributed by atoms with Gasteiger partial charge in [0.05, 0.1) is 0 Å². The Hall–Kier alpha value is -0.830. The van der Waals surface area contributed by atoms with Gasteiger partial charge in [0, 0.05) is 30.4 Å². The molecule has 0 spiro atoms. The molecule has 19 heavy (non-hydrogen) atoms. The van der Waals surface area contributed by atoms with Crippen molar-refractivity contribution in [2.45, 2.75) is 70.9 Å². The first-order valence-corrected chi connectivity index (χ1v) is 8.08. The highest BCUT2D eigenvalue weighted by molar-refractivity contribution is 5.11. The summed E-state index contributed by atoms with van der Waals surface area (Å²) in [5, 5.41) is 0. The van der Waals surface area contributed by atoms with Crippen LogP contribution < -0.4 is 0 Å². The van der Waals surface area contributed by atoms with E-state index in [0.29, 0.717) is 6.04 Å². The maximum atomic E-state index is 4.75. The summed E-state index contributed by atoms with van der Waals surface area (Å²) in [6.45, 7) is 7.12. The molecule has 0 radical (unpaired) electrons. The average molecular weight is 261 g/mol. The number of imidazole rings is 1. The van der Waals surface area contributed by atoms with E-state index in [4.69, 9.17) is 4.98 Å². The normalized spacial score (nSPS) is 28.3. The van der Waals surface area contributed by atoms with Gasteiger partial charge in [-0.2, -0.15) is 0 Å². The first kappa shape index (κ1) is 13.2. The second-order valence-corrected chi connectivity index (χ2v) is 6.26. The van der Waals surface area contributed by atoms with Crippen LogP contribution in [0.2, 0.25) is 0 Å². The van der Waals surface area contributed by atoms with Crippen molar-refractivity contribution < 1.29 is 0 Å². The maximum Gasteiger partial charge on any atom is 0.110 e. The van der Waals surface area contributed by atoms with Crippen LogP contribution in [0.4, 0.5) is 0 Å². The van der Waals surface area contributed by atoms with Gasteiger partial charge in [0.15, 0.2) is 0 Å². The van der Waals surface area contributed by atoms with Gasteiger partial charge in [-0.1, -0.05) is 13.3 Å². The molecule has 1 fully saturated rings. The molecule has 2 unspecified atom stereocenters. The van der Waals surface area contributed by atoms with E-state index in [0.717, 1.165) is 12.5 Å². The van der Waals surface area contributed by atoms with Crippen LogP contribution in [0.5, 0.6) is 0 Å². The Bertz CT molecular complexity index is 424. The van der Waals surface area contributed by atoms with E-state index < -0.39 is 0 Å². The summed E-state index contributed by atoms with van der Waals surface area (Å²) in [7, 11) is 0. The van der Waals surface area contributed by atoms with Crippen molar-refractivity contribution in [2.75, 3.05) is 13.1 Å². The van der Waals surface area contributed by atoms with Gasteiger partial charge in [-0.25, -0.2) is 4.98 Å². The second-order valence-electron chi connectivity index (χ2n) is 6.26. The van der Waals surface area contributed by atoms with E-state index in [1.165, 1.54) is 63.1 Å². The van der Waals surface area contributed by atoms with E-state index in [1.54, 1.807) is 0 Å². The van der Waals surface area contributed by atoms with E-state index in [9.17, 15) is 0 Å². The van der Waals surface area contributed by atoms with Crippen LogP contribution in [0.3, 0.4) is 0 Å². The minimum absolute atomic E-state index is 0.653. The molecular weight excluding hydrogens is 234 g/mol. The fourth-order valence-electron chi connectivity index (χ4n) is 3.94. The third kappa shape index (κ3) is 2.58. The molecule has 3 rings (SSSR count). The fraction of sp³-hybridized carbons (Fsp3) is 0.812. The van der Waals surface area contributed by atoms with Crippen molar-refractivity contribution in [3.05, 3.63) is 17.7 Å². The molecule has 0 bridgehead atoms. The third-order valence-corrected chi connectivity index (χ3v) is 5.02. The number of piperidine rings is 1. The number of aromatic nitrogens is 2. The van der Waals surface area contributed by atoms with Crippen LogP contribution >= 0.6 is 0 Å². The minimum Gasteiger partial charge on any atom is -0.329 e. The summed E-state index contributed by atoms with van der Waals surface area (Å²) < 4.78 is 2.53. The standard InChI is InChI=1S/C16H27N3/c1-3-18-10-5-4-8-14(18)11-16-17-12-15-9-6-7-13(2)19(15)16/h12-14H,3-11H2,1-2H3. The van der Waals surface area contributed by atoms with Crippen molar-refractivity contribution in [3.63, 3.8) is 0 Å². The molecule has 0 amide bonds. The molecule has 106 valence electrons. The summed E-state index contributed by atoms with van der Waals surface area (Å²) in [5.41, 5.74) is 1.47. The monoisotopic (exact) mass is 261 g/mol. The molecule has 3 nitrogen and oxygen atoms in total. The topological polar surface area (TPSA) is 21.1 Å². The number of rotatable bonds is 3. The highest BCUT2D eigenvalue weighted by Crippen LogP contribution is 2.28. The Morgan fingerprint density at radius 3 is 3.00 bits per heavy atom. The lowest BCUT2D eigenvalue weighted by Gasteiger charge is -2.35. The summed E-state index contributed by atoms with van der Waals surface area (Å²) in [4.78, 5) is 7.40. The van der Waals surface area contributed by atoms with Crippen molar-refractivity contribution >= 4 is 0 Å². The van der Waals surface area contributed by atoms with Gasteiger partial charge in [0.25, 0.3) is 0 Å². The van der Waals surface area contributed by atoms with Crippen LogP contribution in [0.25, 0.3) is 0 Å². The van der Waals surface area contributed by atoms with E-state index in [1.807, 2.05) is 0 Å². The first-order valence-electron chi connectivity index (χ1n) is 8.08. The van der Waals surface area contributed by atoms with E-state index in [-0.39, 0.29) is 0 Å². The maximum absolute atomic E-state index is 4.75. The van der Waals surface area contributed by atoms with Gasteiger partial charge in [-0.15, -0.1) is 0 Å². The first-order chi connectivity index (χ1) is 9.29. The van der Waals surface area contributed by atoms with Crippen LogP contribution in [-0.2, 0) is 12.8 Å². The number of hydrogen-bond donors (Lipinski definition) is 0. The SMILES string of the molecule is CCN1CCCCC1Cc1ncc2n1C(C)CCC2. The predicted octanol–water partition coefficient (Wildman–Crippen LogP) is 3.20. The van der Waals surface area contributed by atoms with Gasteiger partial charge in [-0.05, 0) is 52.1 Å². The lowest BCUT2D eigenvalue weighted by atomic mass is 9.98. The van der Waals surface area contributed by atoms with Crippen molar-refractivity contribution in [1.82, 2.24) is 14.5 Å². The summed E-state index contributed by atoms with van der Waals surface area (Å²) in [5.74, 6) is 1.34. The largest absolute Gasteiger partial charge is 0.329 e. The molecule has 3 heteroatoms. The highest BCUT2D eigenvalue weighted by atomic mass is 15.2. The average Bonchev–Trinajstić information content (AvgIpc) is 2.84. The van der Waals surface area contributed by atoms with Crippen LogP contribution in [0.1, 0.15) is 63.5 Å². The molecule has 2 aliphatic heterocycles. The Kier molecular flexibility index (Phi) is 3.92. The predicted molar refractivity (Wildman–Crippen MR) is 78.5 cm³/mol. The smallest absolute Gasteiger partial charge is 0.110 e. The number of fused-ring (bicyclic) bond motifs is 1. The molecule has 0 aromatic carbocycles. The van der Waals surface area contributed by atoms with Gasteiger partial charge < -0.3 is 9.47 Å². The Balaban J connectivity index is 1.77. The molecule has 1 aromatic heterocycles. The molecule has 1 aromatic rings. The van der Waals surface area contributed by atoms with E-state index >= 15 is 0 Å². The molecule has 0 aliphatic carbocycles. The summed E-state index contributed by atoms with van der Waals surface area (Å²) >= 11 is 0. The van der Waals surface area contributed by atoms with Crippen molar-refractivity contribution in [1.29, 1.82) is 0 Å². The fourth-order valence-corrected chi connectivity index (χ4v) is 3.94. The molecule has 2 atom stereocenters. The molecule has 2 aliphatic rings. The molecule has 3 heterocycles. The van der Waals surface area contributed by atoms with Gasteiger partial charge in [0.1, 0.15) is 5.82 Å². The van der Waals surface area contributed by atoms with Gasteiger partial charge >= 0.3 is 0 Å². The van der Waals surface area contributed by atoms with Crippen LogP contribution in [-0.4, -0.2) is 33.6 Å². The minimum atomic E-state index is 0.653. The van der Waals surface area contributed by atoms with Crippen molar-refractivity contribution in [3.8, 4) is 0 Å². The van der Waals surface area contributed by atoms with E-state index in [2.05, 4.69) is 29.5 Å². The Morgan fingerprint density at radius 1 is 1.26 bits per heavy atom. The molecular formula is C16H27N3. The number of nitrogens with zero attached hydrogens (tertiary/aromatic N) is 3. The molecule has 0 N–H and O–H groups in total. The Morgan fingerprint density at radius 2 is 2.16 bits per heavy atom. The quantitative estimate of drug-likeness (QED) is 0.833. The zero-order valence-corrected chi connectivity index (χ0v) is 12.4. The third-order valence-electron chi connectivity index (χ3n) is 5.02. The summed E-state index contributed by atoms with van der Waals surface area (Å²) in [6, 6.07) is 1.37. The number of likely N-dealkylation sites (tertiary alicyclic amines) is 1. The van der Waals surface area contributed by atoms with Crippen LogP contribution in [0, 0.1) is 0 Å².